The lowest BCUT2D eigenvalue weighted by Gasteiger charge is -2.31. The van der Waals surface area contributed by atoms with Gasteiger partial charge < -0.3 is 10.2 Å². The Hall–Kier alpha value is -2.08. The first kappa shape index (κ1) is 21.2. The molecule has 1 N–H and O–H groups in total. The zero-order valence-electron chi connectivity index (χ0n) is 16.7. The van der Waals surface area contributed by atoms with Crippen molar-refractivity contribution in [2.45, 2.75) is 32.2 Å². The average Bonchev–Trinajstić information content (AvgIpc) is 3.18. The summed E-state index contributed by atoms with van der Waals surface area (Å²) in [6.07, 6.45) is 3.11. The van der Waals surface area contributed by atoms with E-state index in [1.54, 1.807) is 4.90 Å². The number of nitrogens with one attached hydrogen (secondary N) is 1. The van der Waals surface area contributed by atoms with E-state index in [-0.39, 0.29) is 17.7 Å². The van der Waals surface area contributed by atoms with E-state index in [1.807, 2.05) is 42.5 Å². The van der Waals surface area contributed by atoms with Gasteiger partial charge in [0.15, 0.2) is 0 Å². The average molecular weight is 446 g/mol. The third kappa shape index (κ3) is 4.80. The summed E-state index contributed by atoms with van der Waals surface area (Å²) in [7, 11) is 0. The molecule has 0 bridgehead atoms. The predicted molar refractivity (Wildman–Crippen MR) is 121 cm³/mol. The molecule has 0 saturated carbocycles. The number of piperidine rings is 1. The van der Waals surface area contributed by atoms with Gasteiger partial charge >= 0.3 is 0 Å². The first-order valence-electron chi connectivity index (χ1n) is 10.4. The Morgan fingerprint density at radius 2 is 1.67 bits per heavy atom. The minimum absolute atomic E-state index is 0.0113. The molecule has 0 aliphatic carbocycles. The largest absolute Gasteiger partial charge is 0.326 e. The van der Waals surface area contributed by atoms with Crippen LogP contribution in [-0.2, 0) is 16.1 Å². The predicted octanol–water partition coefficient (Wildman–Crippen LogP) is 4.97. The van der Waals surface area contributed by atoms with E-state index < -0.39 is 0 Å². The van der Waals surface area contributed by atoms with Crippen LogP contribution in [0.5, 0.6) is 0 Å². The van der Waals surface area contributed by atoms with E-state index in [0.717, 1.165) is 55.8 Å². The topological polar surface area (TPSA) is 52.7 Å². The van der Waals surface area contributed by atoms with E-state index in [4.69, 9.17) is 23.2 Å². The third-order valence-electron chi connectivity index (χ3n) is 5.92. The molecule has 5 nitrogen and oxygen atoms in total. The number of nitrogens with zero attached hydrogens (tertiary/aromatic N) is 2. The molecule has 158 valence electrons. The summed E-state index contributed by atoms with van der Waals surface area (Å²) in [5, 5.41) is 4.38. The Morgan fingerprint density at radius 3 is 2.27 bits per heavy atom. The van der Waals surface area contributed by atoms with Crippen LogP contribution in [0.25, 0.3) is 0 Å². The van der Waals surface area contributed by atoms with Gasteiger partial charge in [-0.15, -0.1) is 0 Å². The van der Waals surface area contributed by atoms with Gasteiger partial charge in [-0.3, -0.25) is 14.5 Å². The molecule has 0 radical (unpaired) electrons. The van der Waals surface area contributed by atoms with Crippen molar-refractivity contribution in [3.63, 3.8) is 0 Å². The molecule has 0 spiro atoms. The van der Waals surface area contributed by atoms with Gasteiger partial charge in [0.2, 0.25) is 11.8 Å². The fourth-order valence-corrected chi connectivity index (χ4v) is 4.67. The van der Waals surface area contributed by atoms with Crippen LogP contribution in [0.3, 0.4) is 0 Å². The van der Waals surface area contributed by atoms with Crippen molar-refractivity contribution in [3.05, 3.63) is 58.1 Å². The summed E-state index contributed by atoms with van der Waals surface area (Å²) in [6.45, 7) is 3.12. The van der Waals surface area contributed by atoms with E-state index >= 15 is 0 Å². The van der Waals surface area contributed by atoms with Crippen molar-refractivity contribution in [2.75, 3.05) is 29.9 Å². The molecule has 2 aromatic carbocycles. The molecular weight excluding hydrogens is 421 g/mol. The van der Waals surface area contributed by atoms with E-state index in [2.05, 4.69) is 10.2 Å². The number of hydrogen-bond donors (Lipinski definition) is 1. The van der Waals surface area contributed by atoms with Crippen molar-refractivity contribution in [1.29, 1.82) is 0 Å². The molecule has 0 atom stereocenters. The first-order valence-corrected chi connectivity index (χ1v) is 11.1. The minimum Gasteiger partial charge on any atom is -0.326 e. The third-order valence-corrected chi connectivity index (χ3v) is 6.63. The number of carbonyl (C=O) groups is 2. The Bertz CT molecular complexity index is 904. The van der Waals surface area contributed by atoms with Gasteiger partial charge in [-0.05, 0) is 68.8 Å². The summed E-state index contributed by atoms with van der Waals surface area (Å²) < 4.78 is 0. The standard InChI is InChI=1S/C23H25Cl2N3O2/c24-20-3-1-4-21(25)19(20)15-27-13-10-16(11-14-27)23(30)26-17-6-8-18(9-7-17)28-12-2-5-22(28)29/h1,3-4,6-9,16H,2,5,10-15H2,(H,26,30). The van der Waals surface area contributed by atoms with Crippen LogP contribution in [0, 0.1) is 5.92 Å². The highest BCUT2D eigenvalue weighted by atomic mass is 35.5. The van der Waals surface area contributed by atoms with Crippen LogP contribution in [0.15, 0.2) is 42.5 Å². The first-order chi connectivity index (χ1) is 14.5. The lowest BCUT2D eigenvalue weighted by molar-refractivity contribution is -0.121. The van der Waals surface area contributed by atoms with Crippen LogP contribution in [0.2, 0.25) is 10.0 Å². The lowest BCUT2D eigenvalue weighted by Crippen LogP contribution is -2.37. The van der Waals surface area contributed by atoms with Crippen LogP contribution < -0.4 is 10.2 Å². The van der Waals surface area contributed by atoms with Gasteiger partial charge in [0.1, 0.15) is 0 Å². The van der Waals surface area contributed by atoms with Gasteiger partial charge in [-0.1, -0.05) is 29.3 Å². The minimum atomic E-state index is -0.0113. The monoisotopic (exact) mass is 445 g/mol. The van der Waals surface area contributed by atoms with Crippen LogP contribution in [-0.4, -0.2) is 36.3 Å². The summed E-state index contributed by atoms with van der Waals surface area (Å²) in [4.78, 5) is 28.6. The number of halogens is 2. The van der Waals surface area contributed by atoms with E-state index in [1.165, 1.54) is 0 Å². The highest BCUT2D eigenvalue weighted by molar-refractivity contribution is 6.35. The molecule has 0 unspecified atom stereocenters. The maximum absolute atomic E-state index is 12.7. The molecule has 2 saturated heterocycles. The molecule has 2 amide bonds. The van der Waals surface area contributed by atoms with Crippen molar-refractivity contribution in [1.82, 2.24) is 4.90 Å². The molecule has 7 heteroatoms. The van der Waals surface area contributed by atoms with Gasteiger partial charge in [-0.2, -0.15) is 0 Å². The molecule has 2 aliphatic rings. The maximum atomic E-state index is 12.7. The quantitative estimate of drug-likeness (QED) is 0.706. The molecule has 4 rings (SSSR count). The zero-order valence-corrected chi connectivity index (χ0v) is 18.3. The zero-order chi connectivity index (χ0) is 21.1. The fourth-order valence-electron chi connectivity index (χ4n) is 4.15. The molecule has 2 heterocycles. The Labute approximate surface area is 186 Å². The van der Waals surface area contributed by atoms with Crippen LogP contribution in [0.1, 0.15) is 31.2 Å². The number of likely N-dealkylation sites (tertiary alicyclic amines) is 1. The Kier molecular flexibility index (Phi) is 6.61. The summed E-state index contributed by atoms with van der Waals surface area (Å²) >= 11 is 12.6. The summed E-state index contributed by atoms with van der Waals surface area (Å²) in [6, 6.07) is 13.1. The van der Waals surface area contributed by atoms with Crippen molar-refractivity contribution in [2.24, 2.45) is 5.92 Å². The van der Waals surface area contributed by atoms with Gasteiger partial charge in [0.25, 0.3) is 0 Å². The van der Waals surface area contributed by atoms with Gasteiger partial charge in [0, 0.05) is 52.4 Å². The Balaban J connectivity index is 1.29. The van der Waals surface area contributed by atoms with Gasteiger partial charge in [0.05, 0.1) is 0 Å². The molecule has 30 heavy (non-hydrogen) atoms. The van der Waals surface area contributed by atoms with Crippen molar-refractivity contribution < 1.29 is 9.59 Å². The lowest BCUT2D eigenvalue weighted by atomic mass is 9.95. The Morgan fingerprint density at radius 1 is 1.00 bits per heavy atom. The highest BCUT2D eigenvalue weighted by Crippen LogP contribution is 2.28. The molecule has 2 aliphatic heterocycles. The number of carbonyl (C=O) groups excluding carboxylic acids is 2. The smallest absolute Gasteiger partial charge is 0.227 e. The highest BCUT2D eigenvalue weighted by Gasteiger charge is 2.26. The number of hydrogen-bond acceptors (Lipinski definition) is 3. The van der Waals surface area contributed by atoms with Crippen molar-refractivity contribution in [3.8, 4) is 0 Å². The molecule has 2 aromatic rings. The van der Waals surface area contributed by atoms with Gasteiger partial charge in [-0.25, -0.2) is 0 Å². The second kappa shape index (κ2) is 9.38. The fraction of sp³-hybridized carbons (Fsp3) is 0.391. The van der Waals surface area contributed by atoms with E-state index in [0.29, 0.717) is 23.0 Å². The number of amides is 2. The normalized spacial score (nSPS) is 18.1. The number of anilines is 2. The number of benzene rings is 2. The maximum Gasteiger partial charge on any atom is 0.227 e. The van der Waals surface area contributed by atoms with Crippen molar-refractivity contribution >= 4 is 46.4 Å². The second-order valence-corrected chi connectivity index (χ2v) is 8.75. The second-order valence-electron chi connectivity index (χ2n) is 7.94. The van der Waals surface area contributed by atoms with Crippen LogP contribution >= 0.6 is 23.2 Å². The summed E-state index contributed by atoms with van der Waals surface area (Å²) in [5.41, 5.74) is 2.60. The number of rotatable bonds is 5. The molecular formula is C23H25Cl2N3O2. The summed E-state index contributed by atoms with van der Waals surface area (Å²) in [5.74, 6) is 0.204. The van der Waals surface area contributed by atoms with Crippen LogP contribution in [0.4, 0.5) is 11.4 Å². The SMILES string of the molecule is O=C(Nc1ccc(N2CCCC2=O)cc1)C1CCN(Cc2c(Cl)cccc2Cl)CC1. The molecule has 0 aromatic heterocycles. The van der Waals surface area contributed by atoms with E-state index in [9.17, 15) is 9.59 Å². The molecule has 2 fully saturated rings.